The molecule has 0 aliphatic carbocycles. The van der Waals surface area contributed by atoms with Crippen LogP contribution in [0, 0.1) is 0 Å². The van der Waals surface area contributed by atoms with Gasteiger partial charge in [0.2, 0.25) is 17.7 Å². The molecule has 0 aromatic heterocycles. The summed E-state index contributed by atoms with van der Waals surface area (Å²) in [6.45, 7) is 5.30. The van der Waals surface area contributed by atoms with Gasteiger partial charge in [0.1, 0.15) is 17.5 Å². The van der Waals surface area contributed by atoms with Crippen molar-refractivity contribution in [1.29, 1.82) is 0 Å². The number of carbonyl (C=O) groups is 3. The highest BCUT2D eigenvalue weighted by atomic mass is 32.2. The third-order valence-corrected chi connectivity index (χ3v) is 9.62. The number of benzene rings is 1. The van der Waals surface area contributed by atoms with Crippen LogP contribution in [0.15, 0.2) is 30.3 Å². The average molecular weight is 448 g/mol. The van der Waals surface area contributed by atoms with Gasteiger partial charge in [-0.2, -0.15) is 0 Å². The van der Waals surface area contributed by atoms with E-state index < -0.39 is 37.9 Å². The van der Waals surface area contributed by atoms with E-state index in [1.165, 1.54) is 23.6 Å². The van der Waals surface area contributed by atoms with Gasteiger partial charge in [-0.1, -0.05) is 30.3 Å². The van der Waals surface area contributed by atoms with Gasteiger partial charge in [0.25, 0.3) is 0 Å². The van der Waals surface area contributed by atoms with Gasteiger partial charge < -0.3 is 15.1 Å². The van der Waals surface area contributed by atoms with E-state index in [0.29, 0.717) is 25.8 Å². The number of amides is 3. The highest BCUT2D eigenvalue weighted by molar-refractivity contribution is 7.93. The third kappa shape index (κ3) is 3.43. The quantitative estimate of drug-likeness (QED) is 0.675. The van der Waals surface area contributed by atoms with Crippen molar-refractivity contribution >= 4 is 27.6 Å². The van der Waals surface area contributed by atoms with Crippen molar-refractivity contribution in [1.82, 2.24) is 15.1 Å². The van der Waals surface area contributed by atoms with E-state index in [1.807, 2.05) is 37.3 Å². The van der Waals surface area contributed by atoms with Crippen molar-refractivity contribution in [3.63, 3.8) is 0 Å². The van der Waals surface area contributed by atoms with Crippen molar-refractivity contribution in [3.8, 4) is 0 Å². The Kier molecular flexibility index (Phi) is 5.36. The second-order valence-corrected chi connectivity index (χ2v) is 12.0. The second-order valence-electron chi connectivity index (χ2n) is 9.30. The van der Waals surface area contributed by atoms with Crippen LogP contribution in [-0.4, -0.2) is 70.7 Å². The number of sulfone groups is 1. The molecule has 3 fully saturated rings. The summed E-state index contributed by atoms with van der Waals surface area (Å²) in [5, 5.41) is 2.07. The van der Waals surface area contributed by atoms with Crippen LogP contribution in [0.4, 0.5) is 0 Å². The fourth-order valence-corrected chi connectivity index (χ4v) is 7.17. The minimum Gasteiger partial charge on any atom is -0.352 e. The van der Waals surface area contributed by atoms with Gasteiger partial charge in [-0.15, -0.1) is 0 Å². The number of rotatable bonds is 5. The van der Waals surface area contributed by atoms with Gasteiger partial charge in [-0.25, -0.2) is 8.42 Å². The summed E-state index contributed by atoms with van der Waals surface area (Å²) in [7, 11) is -3.66. The van der Waals surface area contributed by atoms with E-state index in [0.717, 1.165) is 5.56 Å². The van der Waals surface area contributed by atoms with Gasteiger partial charge in [0, 0.05) is 12.6 Å². The fourth-order valence-electron chi connectivity index (χ4n) is 5.05. The highest BCUT2D eigenvalue weighted by Gasteiger charge is 2.68. The van der Waals surface area contributed by atoms with Gasteiger partial charge in [-0.05, 0) is 45.6 Å². The SMILES string of the molecule is CC(Cc1ccccc1)NC(=O)C1CCCN1C(=O)C1N2C(=O)CC2S(=O)(=O)C1(C)C. The largest absolute Gasteiger partial charge is 0.352 e. The summed E-state index contributed by atoms with van der Waals surface area (Å²) in [6.07, 6.45) is 1.78. The number of likely N-dealkylation sites (tertiary alicyclic amines) is 1. The predicted molar refractivity (Wildman–Crippen MR) is 115 cm³/mol. The molecule has 9 heteroatoms. The molecule has 0 spiro atoms. The van der Waals surface area contributed by atoms with Crippen LogP contribution in [0.3, 0.4) is 0 Å². The molecule has 1 aromatic carbocycles. The number of hydrogen-bond acceptors (Lipinski definition) is 5. The monoisotopic (exact) mass is 447 g/mol. The van der Waals surface area contributed by atoms with Crippen LogP contribution in [0.2, 0.25) is 0 Å². The van der Waals surface area contributed by atoms with Crippen LogP contribution in [0.25, 0.3) is 0 Å². The molecule has 3 amide bonds. The van der Waals surface area contributed by atoms with Gasteiger partial charge in [0.05, 0.1) is 11.2 Å². The van der Waals surface area contributed by atoms with Gasteiger partial charge in [0.15, 0.2) is 9.84 Å². The molecule has 3 saturated heterocycles. The maximum atomic E-state index is 13.5. The predicted octanol–water partition coefficient (Wildman–Crippen LogP) is 0.859. The lowest BCUT2D eigenvalue weighted by Gasteiger charge is -2.39. The molecule has 4 atom stereocenters. The molecule has 4 rings (SSSR count). The highest BCUT2D eigenvalue weighted by Crippen LogP contribution is 2.46. The molecule has 0 radical (unpaired) electrons. The van der Waals surface area contributed by atoms with E-state index in [2.05, 4.69) is 5.32 Å². The fraction of sp³-hybridized carbons (Fsp3) is 0.591. The standard InChI is InChI=1S/C22H29N3O5S/c1-14(12-15-8-5-4-6-9-15)23-20(27)16-10-7-11-24(16)21(28)19-22(2,3)31(29,30)18-13-17(26)25(18)19/h4-6,8-9,14,16,18-19H,7,10-13H2,1-3H3,(H,23,27). The summed E-state index contributed by atoms with van der Waals surface area (Å²) in [4.78, 5) is 41.3. The molecule has 3 aliphatic heterocycles. The number of nitrogens with one attached hydrogen (secondary N) is 1. The van der Waals surface area contributed by atoms with Crippen LogP contribution < -0.4 is 5.32 Å². The smallest absolute Gasteiger partial charge is 0.247 e. The van der Waals surface area contributed by atoms with Crippen LogP contribution in [-0.2, 0) is 30.6 Å². The molecule has 1 N–H and O–H groups in total. The van der Waals surface area contributed by atoms with Crippen molar-refractivity contribution < 1.29 is 22.8 Å². The number of carbonyl (C=O) groups excluding carboxylic acids is 3. The minimum absolute atomic E-state index is 0.0730. The van der Waals surface area contributed by atoms with E-state index >= 15 is 0 Å². The maximum Gasteiger partial charge on any atom is 0.247 e. The molecular formula is C22H29N3O5S. The normalized spacial score (nSPS) is 29.3. The van der Waals surface area contributed by atoms with Crippen LogP contribution in [0.1, 0.15) is 45.6 Å². The first-order valence-electron chi connectivity index (χ1n) is 10.7. The molecule has 0 saturated carbocycles. The molecule has 3 aliphatic rings. The van der Waals surface area contributed by atoms with E-state index in [9.17, 15) is 22.8 Å². The summed E-state index contributed by atoms with van der Waals surface area (Å²) in [5.74, 6) is -1.01. The molecule has 8 nitrogen and oxygen atoms in total. The zero-order chi connectivity index (χ0) is 22.6. The molecule has 4 unspecified atom stereocenters. The number of hydrogen-bond donors (Lipinski definition) is 1. The average Bonchev–Trinajstić information content (AvgIpc) is 3.23. The second kappa shape index (κ2) is 7.62. The van der Waals surface area contributed by atoms with Crippen molar-refractivity contribution in [3.05, 3.63) is 35.9 Å². The van der Waals surface area contributed by atoms with Crippen LogP contribution in [0.5, 0.6) is 0 Å². The molecule has 1 aromatic rings. The number of β-lactam (4-membered cyclic amide) rings is 1. The molecule has 168 valence electrons. The Balaban J connectivity index is 1.48. The topological polar surface area (TPSA) is 104 Å². The summed E-state index contributed by atoms with van der Waals surface area (Å²) in [5.41, 5.74) is 1.11. The third-order valence-electron chi connectivity index (χ3n) is 6.82. The van der Waals surface area contributed by atoms with Crippen molar-refractivity contribution in [2.24, 2.45) is 0 Å². The van der Waals surface area contributed by atoms with Gasteiger partial charge >= 0.3 is 0 Å². The maximum absolute atomic E-state index is 13.5. The van der Waals surface area contributed by atoms with Gasteiger partial charge in [-0.3, -0.25) is 14.4 Å². The van der Waals surface area contributed by atoms with Crippen molar-refractivity contribution in [2.45, 2.75) is 74.7 Å². The molecule has 31 heavy (non-hydrogen) atoms. The zero-order valence-electron chi connectivity index (χ0n) is 18.1. The molecule has 0 bridgehead atoms. The zero-order valence-corrected chi connectivity index (χ0v) is 18.9. The Bertz CT molecular complexity index is 1010. The Labute approximate surface area is 182 Å². The Morgan fingerprint density at radius 1 is 1.23 bits per heavy atom. The lowest BCUT2D eigenvalue weighted by atomic mass is 9.96. The lowest BCUT2D eigenvalue weighted by Crippen LogP contribution is -2.61. The lowest BCUT2D eigenvalue weighted by molar-refractivity contribution is -0.155. The summed E-state index contributed by atoms with van der Waals surface area (Å²) in [6, 6.07) is 7.98. The van der Waals surface area contributed by atoms with E-state index in [-0.39, 0.29) is 24.3 Å². The first-order valence-corrected chi connectivity index (χ1v) is 12.3. The molecular weight excluding hydrogens is 418 g/mol. The van der Waals surface area contributed by atoms with Crippen molar-refractivity contribution in [2.75, 3.05) is 6.54 Å². The van der Waals surface area contributed by atoms with E-state index in [1.54, 1.807) is 0 Å². The number of nitrogens with zero attached hydrogens (tertiary/aromatic N) is 2. The minimum atomic E-state index is -3.66. The number of fused-ring (bicyclic) bond motifs is 1. The first kappa shape index (κ1) is 21.8. The Hall–Kier alpha value is -2.42. The summed E-state index contributed by atoms with van der Waals surface area (Å²) < 4.78 is 24.3. The Morgan fingerprint density at radius 3 is 2.55 bits per heavy atom. The molecule has 3 heterocycles. The van der Waals surface area contributed by atoms with Crippen LogP contribution >= 0.6 is 0 Å². The first-order chi connectivity index (χ1) is 14.6. The summed E-state index contributed by atoms with van der Waals surface area (Å²) >= 11 is 0. The van der Waals surface area contributed by atoms with E-state index in [4.69, 9.17) is 0 Å². The Morgan fingerprint density at radius 2 is 1.90 bits per heavy atom.